The van der Waals surface area contributed by atoms with Crippen LogP contribution in [0.5, 0.6) is 0 Å². The van der Waals surface area contributed by atoms with E-state index in [1.807, 2.05) is 6.26 Å². The molecule has 2 rings (SSSR count). The predicted molar refractivity (Wildman–Crippen MR) is 55.6 cm³/mol. The summed E-state index contributed by atoms with van der Waals surface area (Å²) in [7, 11) is 0. The van der Waals surface area contributed by atoms with E-state index in [4.69, 9.17) is 0 Å². The fourth-order valence-electron chi connectivity index (χ4n) is 1.14. The SMILES string of the molecule is CSC1N=Cc2ccc(=O)[nH]c2N1. The van der Waals surface area contributed by atoms with Gasteiger partial charge in [0.1, 0.15) is 5.82 Å². The summed E-state index contributed by atoms with van der Waals surface area (Å²) in [5.41, 5.74) is 0.830. The molecule has 0 saturated carbocycles. The number of anilines is 1. The Morgan fingerprint density at radius 2 is 2.38 bits per heavy atom. The van der Waals surface area contributed by atoms with Crippen LogP contribution in [0.15, 0.2) is 21.9 Å². The van der Waals surface area contributed by atoms with Crippen molar-refractivity contribution < 1.29 is 0 Å². The summed E-state index contributed by atoms with van der Waals surface area (Å²) >= 11 is 1.58. The summed E-state index contributed by atoms with van der Waals surface area (Å²) < 4.78 is 0. The minimum atomic E-state index is -0.0959. The molecule has 0 fully saturated rings. The lowest BCUT2D eigenvalue weighted by atomic mass is 10.2. The number of aromatic amines is 1. The number of hydrogen-bond acceptors (Lipinski definition) is 4. The zero-order valence-corrected chi connectivity index (χ0v) is 7.89. The molecule has 1 aromatic rings. The number of rotatable bonds is 1. The monoisotopic (exact) mass is 195 g/mol. The Balaban J connectivity index is 2.41. The van der Waals surface area contributed by atoms with E-state index in [0.29, 0.717) is 0 Å². The van der Waals surface area contributed by atoms with Gasteiger partial charge in [0, 0.05) is 17.8 Å². The van der Waals surface area contributed by atoms with Crippen molar-refractivity contribution in [2.45, 2.75) is 5.50 Å². The smallest absolute Gasteiger partial charge is 0.249 e. The number of nitrogens with zero attached hydrogens (tertiary/aromatic N) is 1. The van der Waals surface area contributed by atoms with E-state index in [-0.39, 0.29) is 11.1 Å². The summed E-state index contributed by atoms with van der Waals surface area (Å²) in [5.74, 6) is 0.752. The van der Waals surface area contributed by atoms with Crippen molar-refractivity contribution in [3.63, 3.8) is 0 Å². The molecular weight excluding hydrogens is 186 g/mol. The molecule has 0 bridgehead atoms. The van der Waals surface area contributed by atoms with Crippen LogP contribution in [0.25, 0.3) is 0 Å². The highest BCUT2D eigenvalue weighted by molar-refractivity contribution is 7.99. The number of nitrogens with one attached hydrogen (secondary N) is 2. The van der Waals surface area contributed by atoms with E-state index in [9.17, 15) is 4.79 Å². The van der Waals surface area contributed by atoms with Gasteiger partial charge in [-0.05, 0) is 12.3 Å². The Hall–Kier alpha value is -1.23. The highest BCUT2D eigenvalue weighted by Gasteiger charge is 2.11. The van der Waals surface area contributed by atoms with E-state index >= 15 is 0 Å². The first-order chi connectivity index (χ1) is 6.29. The summed E-state index contributed by atoms with van der Waals surface area (Å²) in [5, 5.41) is 3.10. The van der Waals surface area contributed by atoms with E-state index in [2.05, 4.69) is 15.3 Å². The molecular formula is C8H9N3OS. The van der Waals surface area contributed by atoms with Gasteiger partial charge >= 0.3 is 0 Å². The van der Waals surface area contributed by atoms with Crippen molar-refractivity contribution in [2.24, 2.45) is 4.99 Å². The maximum absolute atomic E-state index is 11.0. The zero-order chi connectivity index (χ0) is 9.26. The molecule has 2 heterocycles. The second-order valence-electron chi connectivity index (χ2n) is 2.66. The molecule has 0 radical (unpaired) electrons. The summed E-state index contributed by atoms with van der Waals surface area (Å²) in [6, 6.07) is 3.24. The van der Waals surface area contributed by atoms with Gasteiger partial charge < -0.3 is 10.3 Å². The fraction of sp³-hybridized carbons (Fsp3) is 0.250. The van der Waals surface area contributed by atoms with Gasteiger partial charge in [-0.2, -0.15) is 0 Å². The van der Waals surface area contributed by atoms with E-state index < -0.39 is 0 Å². The van der Waals surface area contributed by atoms with Crippen LogP contribution in [0.2, 0.25) is 0 Å². The zero-order valence-electron chi connectivity index (χ0n) is 7.07. The molecule has 1 aromatic heterocycles. The molecule has 68 valence electrons. The van der Waals surface area contributed by atoms with Crippen molar-refractivity contribution in [3.05, 3.63) is 28.0 Å². The highest BCUT2D eigenvalue weighted by atomic mass is 32.2. The lowest BCUT2D eigenvalue weighted by molar-refractivity contribution is 1.02. The predicted octanol–water partition coefficient (Wildman–Crippen LogP) is 0.866. The Morgan fingerprint density at radius 3 is 3.15 bits per heavy atom. The first-order valence-corrected chi connectivity index (χ1v) is 5.14. The maximum Gasteiger partial charge on any atom is 0.249 e. The van der Waals surface area contributed by atoms with E-state index in [1.165, 1.54) is 6.07 Å². The average Bonchev–Trinajstić information content (AvgIpc) is 2.16. The van der Waals surface area contributed by atoms with Gasteiger partial charge in [-0.15, -0.1) is 11.8 Å². The Bertz CT molecular complexity index is 399. The summed E-state index contributed by atoms with van der Waals surface area (Å²) in [4.78, 5) is 17.9. The second kappa shape index (κ2) is 3.26. The van der Waals surface area contributed by atoms with Crippen molar-refractivity contribution in [3.8, 4) is 0 Å². The average molecular weight is 195 g/mol. The number of pyridine rings is 1. The van der Waals surface area contributed by atoms with Gasteiger partial charge in [-0.1, -0.05) is 0 Å². The van der Waals surface area contributed by atoms with Crippen molar-refractivity contribution >= 4 is 23.8 Å². The third kappa shape index (κ3) is 1.60. The number of fused-ring (bicyclic) bond motifs is 1. The standard InChI is InChI=1S/C8H9N3OS/c1-13-8-9-4-5-2-3-6(12)10-7(5)11-8/h2-4,8H,1H3,(H2,10,11,12). The quantitative estimate of drug-likeness (QED) is 0.699. The third-order valence-corrected chi connectivity index (χ3v) is 2.48. The number of aromatic nitrogens is 1. The molecule has 1 aliphatic rings. The van der Waals surface area contributed by atoms with E-state index in [0.717, 1.165) is 11.4 Å². The Kier molecular flexibility index (Phi) is 2.10. The first-order valence-electron chi connectivity index (χ1n) is 3.85. The summed E-state index contributed by atoms with van der Waals surface area (Å²) in [6.07, 6.45) is 3.73. The number of thioether (sulfide) groups is 1. The fourth-order valence-corrected chi connectivity index (χ4v) is 1.56. The van der Waals surface area contributed by atoms with Crippen LogP contribution >= 0.6 is 11.8 Å². The molecule has 4 nitrogen and oxygen atoms in total. The van der Waals surface area contributed by atoms with Crippen molar-refractivity contribution in [1.82, 2.24) is 4.98 Å². The Morgan fingerprint density at radius 1 is 1.54 bits per heavy atom. The molecule has 0 amide bonds. The van der Waals surface area contributed by atoms with Gasteiger partial charge in [0.25, 0.3) is 0 Å². The summed E-state index contributed by atoms with van der Waals surface area (Å²) in [6.45, 7) is 0. The van der Waals surface area contributed by atoms with Gasteiger partial charge in [0.05, 0.1) is 0 Å². The second-order valence-corrected chi connectivity index (χ2v) is 3.58. The van der Waals surface area contributed by atoms with Crippen LogP contribution in [-0.2, 0) is 0 Å². The van der Waals surface area contributed by atoms with Crippen LogP contribution in [0.3, 0.4) is 0 Å². The molecule has 2 N–H and O–H groups in total. The van der Waals surface area contributed by atoms with Crippen LogP contribution in [0.4, 0.5) is 5.82 Å². The highest BCUT2D eigenvalue weighted by Crippen LogP contribution is 2.18. The molecule has 0 spiro atoms. The molecule has 0 aliphatic carbocycles. The van der Waals surface area contributed by atoms with Gasteiger partial charge in [-0.25, -0.2) is 0 Å². The minimum Gasteiger partial charge on any atom is -0.341 e. The minimum absolute atomic E-state index is 0.00514. The Labute approximate surface area is 79.5 Å². The molecule has 13 heavy (non-hydrogen) atoms. The van der Waals surface area contributed by atoms with Crippen molar-refractivity contribution in [1.29, 1.82) is 0 Å². The van der Waals surface area contributed by atoms with Crippen LogP contribution < -0.4 is 10.9 Å². The van der Waals surface area contributed by atoms with Crippen molar-refractivity contribution in [2.75, 3.05) is 11.6 Å². The number of aliphatic imine (C=N–C) groups is 1. The molecule has 1 aliphatic heterocycles. The van der Waals surface area contributed by atoms with Crippen LogP contribution in [0, 0.1) is 0 Å². The molecule has 0 aromatic carbocycles. The first kappa shape index (κ1) is 8.37. The largest absolute Gasteiger partial charge is 0.341 e. The van der Waals surface area contributed by atoms with Gasteiger partial charge in [0.2, 0.25) is 5.56 Å². The molecule has 1 atom stereocenters. The number of H-pyrrole nitrogens is 1. The molecule has 1 unspecified atom stereocenters. The van der Waals surface area contributed by atoms with E-state index in [1.54, 1.807) is 24.0 Å². The van der Waals surface area contributed by atoms with Gasteiger partial charge in [-0.3, -0.25) is 9.79 Å². The normalized spacial score (nSPS) is 19.3. The third-order valence-electron chi connectivity index (χ3n) is 1.79. The van der Waals surface area contributed by atoms with Crippen LogP contribution in [-0.4, -0.2) is 23.0 Å². The topological polar surface area (TPSA) is 57.2 Å². The maximum atomic E-state index is 11.0. The van der Waals surface area contributed by atoms with Gasteiger partial charge in [0.15, 0.2) is 5.50 Å². The lowest BCUT2D eigenvalue weighted by Gasteiger charge is -2.18. The molecule has 0 saturated heterocycles. The molecule has 5 heteroatoms. The lowest BCUT2D eigenvalue weighted by Crippen LogP contribution is -2.21. The van der Waals surface area contributed by atoms with Crippen LogP contribution in [0.1, 0.15) is 5.56 Å². The number of hydrogen-bond donors (Lipinski definition) is 2.